The van der Waals surface area contributed by atoms with Crippen LogP contribution in [0.4, 0.5) is 11.5 Å². The van der Waals surface area contributed by atoms with Crippen LogP contribution in [0, 0.1) is 0 Å². The van der Waals surface area contributed by atoms with Crippen LogP contribution in [0.25, 0.3) is 0 Å². The number of ether oxygens (including phenoxy) is 2. The van der Waals surface area contributed by atoms with Crippen molar-refractivity contribution in [2.75, 3.05) is 56.2 Å². The zero-order valence-electron chi connectivity index (χ0n) is 19.2. The molecule has 1 unspecified atom stereocenters. The summed E-state index contributed by atoms with van der Waals surface area (Å²) in [5.41, 5.74) is 1.79. The number of rotatable bonds is 5. The first-order valence-corrected chi connectivity index (χ1v) is 12.2. The summed E-state index contributed by atoms with van der Waals surface area (Å²) in [5.74, 6) is 2.26. The smallest absolute Gasteiger partial charge is 0.252 e. The number of piperidine rings is 1. The zero-order valence-corrected chi connectivity index (χ0v) is 19.2. The molecular formula is C24H30N6O4. The van der Waals surface area contributed by atoms with Gasteiger partial charge in [-0.2, -0.15) is 0 Å². The van der Waals surface area contributed by atoms with Gasteiger partial charge >= 0.3 is 0 Å². The lowest BCUT2D eigenvalue weighted by Crippen LogP contribution is -2.51. The molecule has 1 atom stereocenters. The van der Waals surface area contributed by atoms with Gasteiger partial charge in [-0.3, -0.25) is 24.0 Å². The summed E-state index contributed by atoms with van der Waals surface area (Å²) >= 11 is 0. The number of amides is 1. The molecule has 0 spiro atoms. The molecule has 4 aliphatic rings. The minimum atomic E-state index is -0.0339. The van der Waals surface area contributed by atoms with E-state index in [2.05, 4.69) is 20.5 Å². The van der Waals surface area contributed by atoms with Gasteiger partial charge in [-0.05, 0) is 38.4 Å². The van der Waals surface area contributed by atoms with E-state index in [1.807, 2.05) is 10.6 Å². The fourth-order valence-electron chi connectivity index (χ4n) is 5.46. The summed E-state index contributed by atoms with van der Waals surface area (Å²) in [5, 5.41) is 6.79. The molecule has 0 bridgehead atoms. The number of aromatic nitrogens is 2. The van der Waals surface area contributed by atoms with Gasteiger partial charge in [-0.1, -0.05) is 0 Å². The highest BCUT2D eigenvalue weighted by atomic mass is 16.6. The molecule has 10 nitrogen and oxygen atoms in total. The third kappa shape index (κ3) is 4.01. The number of nitrogens with zero attached hydrogens (tertiary/aromatic N) is 4. The molecule has 6 heterocycles. The average Bonchev–Trinajstić information content (AvgIpc) is 2.87. The van der Waals surface area contributed by atoms with Gasteiger partial charge in [0.25, 0.3) is 5.56 Å². The predicted molar refractivity (Wildman–Crippen MR) is 127 cm³/mol. The number of fused-ring (bicyclic) bond motifs is 1. The molecule has 0 saturated carbocycles. The van der Waals surface area contributed by atoms with Crippen molar-refractivity contribution in [1.29, 1.82) is 0 Å². The Morgan fingerprint density at radius 3 is 2.74 bits per heavy atom. The Kier molecular flexibility index (Phi) is 5.62. The maximum absolute atomic E-state index is 12.8. The van der Waals surface area contributed by atoms with Crippen molar-refractivity contribution in [2.45, 2.75) is 37.9 Å². The first-order valence-electron chi connectivity index (χ1n) is 12.2. The van der Waals surface area contributed by atoms with Crippen LogP contribution in [0.1, 0.15) is 31.0 Å². The summed E-state index contributed by atoms with van der Waals surface area (Å²) in [6.45, 7) is 5.59. The van der Waals surface area contributed by atoms with E-state index in [-0.39, 0.29) is 24.1 Å². The lowest BCUT2D eigenvalue weighted by molar-refractivity contribution is -0.117. The van der Waals surface area contributed by atoms with E-state index in [9.17, 15) is 9.59 Å². The number of hydrogen-bond acceptors (Lipinski definition) is 8. The molecule has 0 radical (unpaired) electrons. The van der Waals surface area contributed by atoms with E-state index < -0.39 is 0 Å². The Morgan fingerprint density at radius 2 is 1.88 bits per heavy atom. The highest BCUT2D eigenvalue weighted by Gasteiger charge is 2.35. The highest BCUT2D eigenvalue weighted by molar-refractivity contribution is 6.01. The maximum Gasteiger partial charge on any atom is 0.252 e. The van der Waals surface area contributed by atoms with Crippen LogP contribution in [0.2, 0.25) is 0 Å². The minimum Gasteiger partial charge on any atom is -0.486 e. The van der Waals surface area contributed by atoms with Crippen LogP contribution >= 0.6 is 0 Å². The van der Waals surface area contributed by atoms with Crippen molar-refractivity contribution < 1.29 is 14.3 Å². The van der Waals surface area contributed by atoms with Crippen molar-refractivity contribution in [1.82, 2.24) is 19.8 Å². The number of pyridine rings is 2. The molecule has 34 heavy (non-hydrogen) atoms. The van der Waals surface area contributed by atoms with Gasteiger partial charge < -0.3 is 25.0 Å². The summed E-state index contributed by atoms with van der Waals surface area (Å²) in [6, 6.07) is 5.88. The summed E-state index contributed by atoms with van der Waals surface area (Å²) in [6.07, 6.45) is 4.64. The Hall–Kier alpha value is -3.11. The molecule has 2 aromatic heterocycles. The van der Waals surface area contributed by atoms with E-state index in [1.165, 1.54) is 0 Å². The Labute approximate surface area is 197 Å². The molecule has 4 aliphatic heterocycles. The third-order valence-electron chi connectivity index (χ3n) is 7.25. The number of likely N-dealkylation sites (tertiary alicyclic amines) is 1. The standard InChI is InChI=1S/C24H30N6O4/c31-22-2-1-19-24-29(23(32)14-27-19)8-5-18(30(22)24)15-28-6-3-16(4-7-28)25-12-17-11-20-21(13-26-17)34-10-9-33-20/h1-2,11,13,16,18,25,27H,3-10,12,14-15H2. The molecule has 6 rings (SSSR count). The van der Waals surface area contributed by atoms with Gasteiger partial charge in [-0.15, -0.1) is 0 Å². The summed E-state index contributed by atoms with van der Waals surface area (Å²) in [7, 11) is 0. The number of hydrogen-bond donors (Lipinski definition) is 2. The first kappa shape index (κ1) is 21.4. The molecular weight excluding hydrogens is 436 g/mol. The average molecular weight is 467 g/mol. The van der Waals surface area contributed by atoms with Gasteiger partial charge in [-0.25, -0.2) is 0 Å². The second-order valence-corrected chi connectivity index (χ2v) is 9.40. The predicted octanol–water partition coefficient (Wildman–Crippen LogP) is 0.972. The Morgan fingerprint density at radius 1 is 1.06 bits per heavy atom. The monoisotopic (exact) mass is 466 g/mol. The van der Waals surface area contributed by atoms with E-state index in [0.717, 1.165) is 61.8 Å². The fourth-order valence-corrected chi connectivity index (χ4v) is 5.46. The molecule has 1 fully saturated rings. The van der Waals surface area contributed by atoms with Crippen LogP contribution in [0.15, 0.2) is 29.2 Å². The maximum atomic E-state index is 12.8. The van der Waals surface area contributed by atoms with E-state index >= 15 is 0 Å². The van der Waals surface area contributed by atoms with Crippen LogP contribution in [-0.4, -0.2) is 72.3 Å². The number of nitrogens with one attached hydrogen (secondary N) is 2. The Balaban J connectivity index is 1.06. The third-order valence-corrected chi connectivity index (χ3v) is 7.25. The minimum absolute atomic E-state index is 0.0321. The van der Waals surface area contributed by atoms with Gasteiger partial charge in [0.05, 0.1) is 30.2 Å². The largest absolute Gasteiger partial charge is 0.486 e. The van der Waals surface area contributed by atoms with Gasteiger partial charge in [0.2, 0.25) is 5.91 Å². The van der Waals surface area contributed by atoms with E-state index in [4.69, 9.17) is 9.47 Å². The van der Waals surface area contributed by atoms with Gasteiger partial charge in [0.15, 0.2) is 11.5 Å². The molecule has 10 heteroatoms. The summed E-state index contributed by atoms with van der Waals surface area (Å²) in [4.78, 5) is 33.8. The Bertz CT molecular complexity index is 1140. The molecule has 180 valence electrons. The number of carbonyl (C=O) groups is 1. The zero-order chi connectivity index (χ0) is 23.1. The lowest BCUT2D eigenvalue weighted by Gasteiger charge is -2.42. The second-order valence-electron chi connectivity index (χ2n) is 9.40. The van der Waals surface area contributed by atoms with Crippen molar-refractivity contribution in [2.24, 2.45) is 0 Å². The fraction of sp³-hybridized carbons (Fsp3) is 0.542. The van der Waals surface area contributed by atoms with Crippen molar-refractivity contribution >= 4 is 17.4 Å². The van der Waals surface area contributed by atoms with Crippen LogP contribution in [-0.2, 0) is 11.3 Å². The second kappa shape index (κ2) is 8.92. The first-order chi connectivity index (χ1) is 16.7. The number of carbonyl (C=O) groups excluding carboxylic acids is 1. The van der Waals surface area contributed by atoms with E-state index in [1.54, 1.807) is 23.2 Å². The highest BCUT2D eigenvalue weighted by Crippen LogP contribution is 2.35. The lowest BCUT2D eigenvalue weighted by atomic mass is 10.0. The topological polar surface area (TPSA) is 101 Å². The molecule has 2 aromatic rings. The summed E-state index contributed by atoms with van der Waals surface area (Å²) < 4.78 is 13.0. The van der Waals surface area contributed by atoms with E-state index in [0.29, 0.717) is 38.1 Å². The van der Waals surface area contributed by atoms with Crippen LogP contribution < -0.4 is 30.6 Å². The van der Waals surface area contributed by atoms with Gasteiger partial charge in [0.1, 0.15) is 19.0 Å². The van der Waals surface area contributed by atoms with Crippen LogP contribution in [0.3, 0.4) is 0 Å². The van der Waals surface area contributed by atoms with Crippen molar-refractivity contribution in [3.63, 3.8) is 0 Å². The quantitative estimate of drug-likeness (QED) is 0.673. The SMILES string of the molecule is O=C1CNc2ccc(=O)n3c2N1CCC3CN1CCC(NCc2cc3c(cn2)OCCO3)CC1. The molecule has 0 aromatic carbocycles. The molecule has 1 amide bonds. The van der Waals surface area contributed by atoms with Gasteiger partial charge in [0, 0.05) is 37.8 Å². The molecule has 2 N–H and O–H groups in total. The molecule has 1 saturated heterocycles. The van der Waals surface area contributed by atoms with Crippen molar-refractivity contribution in [3.05, 3.63) is 40.4 Å². The van der Waals surface area contributed by atoms with Crippen LogP contribution in [0.5, 0.6) is 11.5 Å². The molecule has 0 aliphatic carbocycles. The normalized spacial score (nSPS) is 22.3. The number of anilines is 2. The van der Waals surface area contributed by atoms with Crippen molar-refractivity contribution in [3.8, 4) is 11.5 Å².